The number of fused-ring (bicyclic) bond motifs is 2. The summed E-state index contributed by atoms with van der Waals surface area (Å²) in [5.74, 6) is -0.0549. The first-order valence-electron chi connectivity index (χ1n) is 10.2. The number of carbonyl (C=O) groups is 1. The number of nitrogens with zero attached hydrogens (tertiary/aromatic N) is 2. The third-order valence-corrected chi connectivity index (χ3v) is 6.15. The zero-order chi connectivity index (χ0) is 21.5. The molecule has 0 aliphatic carbocycles. The van der Waals surface area contributed by atoms with Crippen LogP contribution in [-0.2, 0) is 0 Å². The highest BCUT2D eigenvalue weighted by atomic mass is 16.3. The minimum atomic E-state index is -0.442. The molecule has 1 amide bonds. The van der Waals surface area contributed by atoms with Gasteiger partial charge in [0.15, 0.2) is 0 Å². The fourth-order valence-corrected chi connectivity index (χ4v) is 4.31. The Kier molecular flexibility index (Phi) is 4.98. The van der Waals surface area contributed by atoms with Crippen molar-refractivity contribution in [1.29, 1.82) is 0 Å². The predicted octanol–water partition coefficient (Wildman–Crippen LogP) is 5.03. The summed E-state index contributed by atoms with van der Waals surface area (Å²) in [5.41, 5.74) is 6.31. The van der Waals surface area contributed by atoms with Gasteiger partial charge in [0.25, 0.3) is 5.91 Å². The number of anilines is 1. The molecular weight excluding hydrogens is 374 g/mol. The van der Waals surface area contributed by atoms with Crippen LogP contribution in [0.4, 0.5) is 5.69 Å². The van der Waals surface area contributed by atoms with Gasteiger partial charge in [-0.2, -0.15) is 5.10 Å². The van der Waals surface area contributed by atoms with E-state index in [1.807, 2.05) is 30.3 Å². The molecule has 4 rings (SSSR count). The first-order valence-corrected chi connectivity index (χ1v) is 10.2. The van der Waals surface area contributed by atoms with E-state index in [0.717, 1.165) is 22.8 Å². The first kappa shape index (κ1) is 20.0. The Labute approximate surface area is 177 Å². The number of nitrogens with one attached hydrogen (secondary N) is 1. The second-order valence-electron chi connectivity index (χ2n) is 8.71. The molecule has 5 heteroatoms. The van der Waals surface area contributed by atoms with Gasteiger partial charge >= 0.3 is 0 Å². The van der Waals surface area contributed by atoms with Crippen molar-refractivity contribution in [3.8, 4) is 5.75 Å². The van der Waals surface area contributed by atoms with Gasteiger partial charge in [0.1, 0.15) is 5.75 Å². The largest absolute Gasteiger partial charge is 0.507 e. The summed E-state index contributed by atoms with van der Waals surface area (Å²) >= 11 is 0. The lowest BCUT2D eigenvalue weighted by Crippen LogP contribution is -2.45. The number of phenolic OH excluding ortho intramolecular Hbond substituents is 1. The van der Waals surface area contributed by atoms with Crippen molar-refractivity contribution in [2.45, 2.75) is 38.6 Å². The summed E-state index contributed by atoms with van der Waals surface area (Å²) in [5, 5.41) is 16.1. The summed E-state index contributed by atoms with van der Waals surface area (Å²) in [6, 6.07) is 17.1. The molecule has 0 saturated carbocycles. The molecule has 5 nitrogen and oxygen atoms in total. The van der Waals surface area contributed by atoms with E-state index >= 15 is 0 Å². The van der Waals surface area contributed by atoms with Gasteiger partial charge in [-0.1, -0.05) is 37.3 Å². The number of carbonyl (C=O) groups excluding carboxylic acids is 1. The van der Waals surface area contributed by atoms with E-state index in [-0.39, 0.29) is 16.9 Å². The van der Waals surface area contributed by atoms with Crippen molar-refractivity contribution in [1.82, 2.24) is 5.43 Å². The Morgan fingerprint density at radius 2 is 1.87 bits per heavy atom. The summed E-state index contributed by atoms with van der Waals surface area (Å²) in [7, 11) is 2.13. The zero-order valence-corrected chi connectivity index (χ0v) is 17.8. The van der Waals surface area contributed by atoms with E-state index in [1.165, 1.54) is 11.3 Å². The lowest BCUT2D eigenvalue weighted by atomic mass is 9.80. The van der Waals surface area contributed by atoms with Crippen LogP contribution < -0.4 is 10.3 Å². The molecule has 0 saturated heterocycles. The molecule has 2 N–H and O–H groups in total. The zero-order valence-electron chi connectivity index (χ0n) is 17.8. The second kappa shape index (κ2) is 7.48. The van der Waals surface area contributed by atoms with Crippen molar-refractivity contribution in [3.63, 3.8) is 0 Å². The first-order chi connectivity index (χ1) is 14.3. The Balaban J connectivity index is 1.52. The van der Waals surface area contributed by atoms with Crippen molar-refractivity contribution in [3.05, 3.63) is 71.3 Å². The van der Waals surface area contributed by atoms with E-state index in [0.29, 0.717) is 5.92 Å². The second-order valence-corrected chi connectivity index (χ2v) is 8.71. The highest BCUT2D eigenvalue weighted by Crippen LogP contribution is 2.42. The van der Waals surface area contributed by atoms with Gasteiger partial charge < -0.3 is 10.0 Å². The number of phenols is 1. The number of rotatable bonds is 3. The van der Waals surface area contributed by atoms with Gasteiger partial charge in [0.05, 0.1) is 11.8 Å². The van der Waals surface area contributed by atoms with E-state index in [4.69, 9.17) is 0 Å². The van der Waals surface area contributed by atoms with Crippen LogP contribution in [0.1, 0.15) is 54.6 Å². The Bertz CT molecular complexity index is 1150. The molecule has 3 aromatic carbocycles. The lowest BCUT2D eigenvalue weighted by molar-refractivity contribution is 0.0952. The average molecular weight is 402 g/mol. The van der Waals surface area contributed by atoms with Gasteiger partial charge in [0, 0.05) is 18.3 Å². The van der Waals surface area contributed by atoms with Crippen LogP contribution in [0.2, 0.25) is 0 Å². The SMILES string of the molecule is C[C@H]1CC(C)(C)N(C)c2ccc(/C=N\NC(=O)c3cc4ccccc4cc3O)cc21. The van der Waals surface area contributed by atoms with Gasteiger partial charge in [0.2, 0.25) is 0 Å². The predicted molar refractivity (Wildman–Crippen MR) is 123 cm³/mol. The summed E-state index contributed by atoms with van der Waals surface area (Å²) in [6.45, 7) is 6.78. The molecular formula is C25H27N3O2. The fraction of sp³-hybridized carbons (Fsp3) is 0.280. The Morgan fingerprint density at radius 3 is 2.60 bits per heavy atom. The van der Waals surface area contributed by atoms with E-state index in [2.05, 4.69) is 55.4 Å². The van der Waals surface area contributed by atoms with Gasteiger partial charge in [-0.15, -0.1) is 0 Å². The van der Waals surface area contributed by atoms with Gasteiger partial charge in [-0.05, 0) is 72.4 Å². The third kappa shape index (κ3) is 3.63. The monoisotopic (exact) mass is 401 g/mol. The maximum absolute atomic E-state index is 12.5. The molecule has 30 heavy (non-hydrogen) atoms. The van der Waals surface area contributed by atoms with E-state index in [9.17, 15) is 9.90 Å². The van der Waals surface area contributed by atoms with Crippen LogP contribution in [0.5, 0.6) is 5.75 Å². The van der Waals surface area contributed by atoms with Crippen molar-refractivity contribution in [2.24, 2.45) is 5.10 Å². The highest BCUT2D eigenvalue weighted by Gasteiger charge is 2.33. The maximum Gasteiger partial charge on any atom is 0.275 e. The molecule has 3 aromatic rings. The molecule has 0 aromatic heterocycles. The molecule has 154 valence electrons. The third-order valence-electron chi connectivity index (χ3n) is 6.15. The van der Waals surface area contributed by atoms with Crippen LogP contribution in [-0.4, -0.2) is 29.8 Å². The summed E-state index contributed by atoms with van der Waals surface area (Å²) in [4.78, 5) is 14.8. The number of aromatic hydroxyl groups is 1. The molecule has 1 aliphatic rings. The van der Waals surface area contributed by atoms with Crippen LogP contribution in [0, 0.1) is 0 Å². The standard InChI is InChI=1S/C25H27N3O2/c1-16-14-25(2,3)28(4)22-10-9-17(11-20(16)22)15-26-27-24(30)21-12-18-7-5-6-8-19(18)13-23(21)29/h5-13,15-16,29H,14H2,1-4H3,(H,27,30)/b26-15-/t16-/m0/s1. The van der Waals surface area contributed by atoms with Crippen molar-refractivity contribution >= 4 is 28.6 Å². The Morgan fingerprint density at radius 1 is 1.17 bits per heavy atom. The van der Waals surface area contributed by atoms with Gasteiger partial charge in [-0.25, -0.2) is 5.43 Å². The number of hydrazone groups is 1. The minimum Gasteiger partial charge on any atom is -0.507 e. The molecule has 0 unspecified atom stereocenters. The Hall–Kier alpha value is -3.34. The van der Waals surface area contributed by atoms with Crippen LogP contribution >= 0.6 is 0 Å². The smallest absolute Gasteiger partial charge is 0.275 e. The molecule has 1 atom stereocenters. The van der Waals surface area contributed by atoms with Gasteiger partial charge in [-0.3, -0.25) is 4.79 Å². The fourth-order valence-electron chi connectivity index (χ4n) is 4.31. The molecule has 0 radical (unpaired) electrons. The van der Waals surface area contributed by atoms with Crippen LogP contribution in [0.25, 0.3) is 10.8 Å². The minimum absolute atomic E-state index is 0.0605. The molecule has 0 fully saturated rings. The average Bonchev–Trinajstić information content (AvgIpc) is 2.71. The molecule has 1 aliphatic heterocycles. The van der Waals surface area contributed by atoms with Crippen molar-refractivity contribution in [2.75, 3.05) is 11.9 Å². The lowest BCUT2D eigenvalue weighted by Gasteiger charge is -2.45. The van der Waals surface area contributed by atoms with Crippen LogP contribution in [0.15, 0.2) is 59.7 Å². The highest BCUT2D eigenvalue weighted by molar-refractivity contribution is 6.01. The molecule has 1 heterocycles. The number of hydrogen-bond acceptors (Lipinski definition) is 4. The number of hydrogen-bond donors (Lipinski definition) is 2. The van der Waals surface area contributed by atoms with Crippen LogP contribution in [0.3, 0.4) is 0 Å². The quantitative estimate of drug-likeness (QED) is 0.478. The summed E-state index contributed by atoms with van der Waals surface area (Å²) < 4.78 is 0. The summed E-state index contributed by atoms with van der Waals surface area (Å²) in [6.07, 6.45) is 2.72. The molecule has 0 spiro atoms. The number of benzene rings is 3. The molecule has 0 bridgehead atoms. The van der Waals surface area contributed by atoms with E-state index in [1.54, 1.807) is 18.3 Å². The topological polar surface area (TPSA) is 64.9 Å². The van der Waals surface area contributed by atoms with E-state index < -0.39 is 5.91 Å². The number of amides is 1. The van der Waals surface area contributed by atoms with Crippen molar-refractivity contribution < 1.29 is 9.90 Å². The maximum atomic E-state index is 12.5. The normalized spacial score (nSPS) is 17.9.